The van der Waals surface area contributed by atoms with Crippen molar-refractivity contribution in [3.8, 4) is 0 Å². The number of hydrogen-bond donors (Lipinski definition) is 1. The number of halogens is 3. The second-order valence-electron chi connectivity index (χ2n) is 4.38. The SMILES string of the molecule is CC(C)(C)OCCNCCOCC(F)(F)F. The molecule has 0 aromatic carbocycles. The van der Waals surface area contributed by atoms with Crippen LogP contribution in [0.25, 0.3) is 0 Å². The van der Waals surface area contributed by atoms with E-state index >= 15 is 0 Å². The topological polar surface area (TPSA) is 30.5 Å². The van der Waals surface area contributed by atoms with Crippen molar-refractivity contribution in [2.45, 2.75) is 32.5 Å². The molecular weight excluding hydrogens is 223 g/mol. The molecule has 0 unspecified atom stereocenters. The molecule has 0 aliphatic rings. The molecule has 98 valence electrons. The summed E-state index contributed by atoms with van der Waals surface area (Å²) in [6, 6.07) is 0. The Morgan fingerprint density at radius 2 is 1.56 bits per heavy atom. The first-order valence-electron chi connectivity index (χ1n) is 5.20. The van der Waals surface area contributed by atoms with Gasteiger partial charge in [-0.2, -0.15) is 13.2 Å². The molecule has 0 aromatic rings. The minimum Gasteiger partial charge on any atom is -0.375 e. The average molecular weight is 243 g/mol. The first-order valence-corrected chi connectivity index (χ1v) is 5.20. The predicted octanol–water partition coefficient (Wildman–Crippen LogP) is 1.97. The lowest BCUT2D eigenvalue weighted by atomic mass is 10.2. The van der Waals surface area contributed by atoms with Crippen LogP contribution < -0.4 is 5.32 Å². The second-order valence-corrected chi connectivity index (χ2v) is 4.38. The summed E-state index contributed by atoms with van der Waals surface area (Å²) < 4.78 is 44.8. The fourth-order valence-corrected chi connectivity index (χ4v) is 0.887. The first kappa shape index (κ1) is 15.7. The van der Waals surface area contributed by atoms with Crippen molar-refractivity contribution in [3.05, 3.63) is 0 Å². The van der Waals surface area contributed by atoms with E-state index in [0.717, 1.165) is 0 Å². The number of alkyl halides is 3. The van der Waals surface area contributed by atoms with Gasteiger partial charge in [-0.3, -0.25) is 0 Å². The summed E-state index contributed by atoms with van der Waals surface area (Å²) in [5, 5.41) is 2.93. The van der Waals surface area contributed by atoms with E-state index in [9.17, 15) is 13.2 Å². The molecule has 0 radical (unpaired) electrons. The Balaban J connectivity index is 3.17. The lowest BCUT2D eigenvalue weighted by Gasteiger charge is -2.19. The quantitative estimate of drug-likeness (QED) is 0.693. The summed E-state index contributed by atoms with van der Waals surface area (Å²) >= 11 is 0. The van der Waals surface area contributed by atoms with Crippen LogP contribution in [0.15, 0.2) is 0 Å². The van der Waals surface area contributed by atoms with Crippen LogP contribution in [0.3, 0.4) is 0 Å². The van der Waals surface area contributed by atoms with Crippen LogP contribution in [-0.4, -0.2) is 44.7 Å². The summed E-state index contributed by atoms with van der Waals surface area (Å²) in [6.07, 6.45) is -4.24. The van der Waals surface area contributed by atoms with Crippen molar-refractivity contribution >= 4 is 0 Å². The maximum absolute atomic E-state index is 11.7. The Kier molecular flexibility index (Phi) is 6.94. The Morgan fingerprint density at radius 1 is 1.00 bits per heavy atom. The van der Waals surface area contributed by atoms with Crippen molar-refractivity contribution in [2.24, 2.45) is 0 Å². The minimum atomic E-state index is -4.24. The Bertz CT molecular complexity index is 158. The summed E-state index contributed by atoms with van der Waals surface area (Å²) in [4.78, 5) is 0. The van der Waals surface area contributed by atoms with E-state index in [-0.39, 0.29) is 12.2 Å². The molecule has 0 aliphatic heterocycles. The standard InChI is InChI=1S/C10H20F3NO2/c1-9(2,3)16-7-5-14-4-6-15-8-10(11,12)13/h14H,4-8H2,1-3H3. The zero-order valence-corrected chi connectivity index (χ0v) is 9.99. The van der Waals surface area contributed by atoms with E-state index in [4.69, 9.17) is 4.74 Å². The normalized spacial score (nSPS) is 13.1. The molecule has 6 heteroatoms. The van der Waals surface area contributed by atoms with Gasteiger partial charge in [-0.05, 0) is 20.8 Å². The van der Waals surface area contributed by atoms with E-state index in [0.29, 0.717) is 19.7 Å². The van der Waals surface area contributed by atoms with Gasteiger partial charge in [0.05, 0.1) is 18.8 Å². The molecule has 0 aromatic heterocycles. The fraction of sp³-hybridized carbons (Fsp3) is 1.00. The zero-order valence-electron chi connectivity index (χ0n) is 9.99. The largest absolute Gasteiger partial charge is 0.411 e. The van der Waals surface area contributed by atoms with Gasteiger partial charge < -0.3 is 14.8 Å². The Morgan fingerprint density at radius 3 is 2.06 bits per heavy atom. The van der Waals surface area contributed by atoms with Crippen LogP contribution in [0.5, 0.6) is 0 Å². The van der Waals surface area contributed by atoms with Gasteiger partial charge in [0.2, 0.25) is 0 Å². The first-order chi connectivity index (χ1) is 7.21. The number of hydrogen-bond acceptors (Lipinski definition) is 3. The average Bonchev–Trinajstić information content (AvgIpc) is 2.06. The smallest absolute Gasteiger partial charge is 0.375 e. The highest BCUT2D eigenvalue weighted by Crippen LogP contribution is 2.13. The monoisotopic (exact) mass is 243 g/mol. The molecule has 0 saturated heterocycles. The molecule has 16 heavy (non-hydrogen) atoms. The second kappa shape index (κ2) is 7.09. The molecule has 0 aliphatic carbocycles. The van der Waals surface area contributed by atoms with E-state index in [2.05, 4.69) is 10.1 Å². The van der Waals surface area contributed by atoms with Gasteiger partial charge in [-0.15, -0.1) is 0 Å². The van der Waals surface area contributed by atoms with Crippen LogP contribution in [0.4, 0.5) is 13.2 Å². The van der Waals surface area contributed by atoms with Gasteiger partial charge in [0.1, 0.15) is 6.61 Å². The van der Waals surface area contributed by atoms with Gasteiger partial charge in [0.15, 0.2) is 0 Å². The molecule has 1 N–H and O–H groups in total. The van der Waals surface area contributed by atoms with Crippen molar-refractivity contribution in [2.75, 3.05) is 32.9 Å². The van der Waals surface area contributed by atoms with Gasteiger partial charge in [-0.1, -0.05) is 0 Å². The fourth-order valence-electron chi connectivity index (χ4n) is 0.887. The van der Waals surface area contributed by atoms with Gasteiger partial charge in [0.25, 0.3) is 0 Å². The highest BCUT2D eigenvalue weighted by atomic mass is 19.4. The predicted molar refractivity (Wildman–Crippen MR) is 55.4 cm³/mol. The molecule has 3 nitrogen and oxygen atoms in total. The molecule has 0 rings (SSSR count). The van der Waals surface area contributed by atoms with Crippen LogP contribution in [0.2, 0.25) is 0 Å². The molecular formula is C10H20F3NO2. The maximum Gasteiger partial charge on any atom is 0.411 e. The highest BCUT2D eigenvalue weighted by molar-refractivity contribution is 4.59. The summed E-state index contributed by atoms with van der Waals surface area (Å²) in [6.45, 7) is 6.22. The number of nitrogens with one attached hydrogen (secondary N) is 1. The van der Waals surface area contributed by atoms with Crippen molar-refractivity contribution in [3.63, 3.8) is 0 Å². The van der Waals surface area contributed by atoms with Crippen LogP contribution >= 0.6 is 0 Å². The molecule has 0 fully saturated rings. The summed E-state index contributed by atoms with van der Waals surface area (Å²) in [5.74, 6) is 0. The maximum atomic E-state index is 11.7. The summed E-state index contributed by atoms with van der Waals surface area (Å²) in [7, 11) is 0. The van der Waals surface area contributed by atoms with E-state index in [1.165, 1.54) is 0 Å². The highest BCUT2D eigenvalue weighted by Gasteiger charge is 2.27. The van der Waals surface area contributed by atoms with Gasteiger partial charge in [-0.25, -0.2) is 0 Å². The molecule has 0 spiro atoms. The van der Waals surface area contributed by atoms with Crippen molar-refractivity contribution in [1.82, 2.24) is 5.32 Å². The van der Waals surface area contributed by atoms with Crippen LogP contribution in [0.1, 0.15) is 20.8 Å². The third-order valence-electron chi connectivity index (χ3n) is 1.50. The van der Waals surface area contributed by atoms with Crippen LogP contribution in [0, 0.1) is 0 Å². The van der Waals surface area contributed by atoms with E-state index in [1.807, 2.05) is 20.8 Å². The van der Waals surface area contributed by atoms with E-state index < -0.39 is 12.8 Å². The molecule has 0 bridgehead atoms. The Hall–Kier alpha value is -0.330. The molecule has 0 heterocycles. The molecule has 0 atom stereocenters. The zero-order chi connectivity index (χ0) is 12.7. The lowest BCUT2D eigenvalue weighted by molar-refractivity contribution is -0.173. The molecule has 0 saturated carbocycles. The van der Waals surface area contributed by atoms with Crippen LogP contribution in [-0.2, 0) is 9.47 Å². The number of rotatable bonds is 7. The lowest BCUT2D eigenvalue weighted by Crippen LogP contribution is -2.29. The van der Waals surface area contributed by atoms with Gasteiger partial charge >= 0.3 is 6.18 Å². The van der Waals surface area contributed by atoms with E-state index in [1.54, 1.807) is 0 Å². The third kappa shape index (κ3) is 13.7. The number of ether oxygens (including phenoxy) is 2. The minimum absolute atomic E-state index is 0.0506. The molecule has 0 amide bonds. The van der Waals surface area contributed by atoms with Crippen molar-refractivity contribution < 1.29 is 22.6 Å². The Labute approximate surface area is 94.3 Å². The van der Waals surface area contributed by atoms with Gasteiger partial charge in [0, 0.05) is 13.1 Å². The third-order valence-corrected chi connectivity index (χ3v) is 1.50. The summed E-state index contributed by atoms with van der Waals surface area (Å²) in [5.41, 5.74) is -0.186. The van der Waals surface area contributed by atoms with Crippen molar-refractivity contribution in [1.29, 1.82) is 0 Å².